The minimum absolute atomic E-state index is 0.0992. The molecule has 0 spiro atoms. The number of amides is 3. The van der Waals surface area contributed by atoms with E-state index in [9.17, 15) is 9.59 Å². The van der Waals surface area contributed by atoms with Crippen molar-refractivity contribution in [3.63, 3.8) is 0 Å². The van der Waals surface area contributed by atoms with Crippen molar-refractivity contribution in [2.75, 3.05) is 6.54 Å². The SMILES string of the molecule is C[C@@H]1CCC[N+]1(C(N)=O)C(=O)[C@@H](N)Cc1cnc[nH]1. The summed E-state index contributed by atoms with van der Waals surface area (Å²) < 4.78 is -0.324. The van der Waals surface area contributed by atoms with E-state index < -0.39 is 12.1 Å². The van der Waals surface area contributed by atoms with Gasteiger partial charge in [0.05, 0.1) is 12.9 Å². The summed E-state index contributed by atoms with van der Waals surface area (Å²) in [6.07, 6.45) is 5.11. The minimum Gasteiger partial charge on any atom is -0.348 e. The monoisotopic (exact) mass is 266 g/mol. The van der Waals surface area contributed by atoms with Crippen LogP contribution in [0.15, 0.2) is 12.5 Å². The lowest BCUT2D eigenvalue weighted by Gasteiger charge is -2.32. The number of urea groups is 1. The first-order chi connectivity index (χ1) is 8.98. The van der Waals surface area contributed by atoms with E-state index in [2.05, 4.69) is 9.97 Å². The molecule has 19 heavy (non-hydrogen) atoms. The van der Waals surface area contributed by atoms with Gasteiger partial charge in [0, 0.05) is 31.2 Å². The lowest BCUT2D eigenvalue weighted by Crippen LogP contribution is -2.65. The van der Waals surface area contributed by atoms with Gasteiger partial charge in [0.15, 0.2) is 0 Å². The number of nitrogens with one attached hydrogen (secondary N) is 1. The van der Waals surface area contributed by atoms with Crippen LogP contribution in [0, 0.1) is 0 Å². The molecule has 5 N–H and O–H groups in total. The fourth-order valence-corrected chi connectivity index (χ4v) is 2.86. The van der Waals surface area contributed by atoms with Crippen LogP contribution in [0.1, 0.15) is 25.5 Å². The molecule has 3 amide bonds. The topological polar surface area (TPSA) is 115 Å². The Morgan fingerprint density at radius 2 is 2.37 bits per heavy atom. The quantitative estimate of drug-likeness (QED) is 0.662. The Morgan fingerprint density at radius 3 is 2.84 bits per heavy atom. The molecule has 0 aromatic carbocycles. The average molecular weight is 266 g/mol. The standard InChI is InChI=1S/C12H19N5O2/c1-8-3-2-4-17(8,12(14)19)11(18)10(13)5-9-6-15-7-16-9/h6-8,10H,2-5,13H2,1H3,(H2-,14,15,16,19)/p+1/t8-,10+,17?/m1/s1. The smallest absolute Gasteiger partial charge is 0.348 e. The fourth-order valence-electron chi connectivity index (χ4n) is 2.86. The number of hydrogen-bond donors (Lipinski definition) is 3. The number of aromatic nitrogens is 2. The molecular weight excluding hydrogens is 246 g/mol. The highest BCUT2D eigenvalue weighted by Gasteiger charge is 2.52. The van der Waals surface area contributed by atoms with Crippen LogP contribution >= 0.6 is 0 Å². The molecule has 7 heteroatoms. The van der Waals surface area contributed by atoms with Crippen LogP contribution in [0.5, 0.6) is 0 Å². The predicted octanol–water partition coefficient (Wildman–Crippen LogP) is -0.116. The molecule has 1 aliphatic rings. The van der Waals surface area contributed by atoms with E-state index in [4.69, 9.17) is 11.5 Å². The summed E-state index contributed by atoms with van der Waals surface area (Å²) in [5, 5.41) is 0. The summed E-state index contributed by atoms with van der Waals surface area (Å²) in [4.78, 5) is 31.1. The van der Waals surface area contributed by atoms with Crippen molar-refractivity contribution in [1.82, 2.24) is 9.97 Å². The van der Waals surface area contributed by atoms with Gasteiger partial charge >= 0.3 is 11.9 Å². The van der Waals surface area contributed by atoms with Crippen LogP contribution in [-0.2, 0) is 11.2 Å². The van der Waals surface area contributed by atoms with Crippen LogP contribution in [0.4, 0.5) is 4.79 Å². The average Bonchev–Trinajstić information content (AvgIpc) is 2.98. The maximum absolute atomic E-state index is 12.6. The van der Waals surface area contributed by atoms with Crippen LogP contribution in [0.2, 0.25) is 0 Å². The summed E-state index contributed by atoms with van der Waals surface area (Å²) in [6, 6.07) is -1.46. The largest absolute Gasteiger partial charge is 0.421 e. The van der Waals surface area contributed by atoms with Gasteiger partial charge in [-0.2, -0.15) is 4.48 Å². The van der Waals surface area contributed by atoms with E-state index in [-0.39, 0.29) is 16.4 Å². The van der Waals surface area contributed by atoms with Crippen LogP contribution in [0.3, 0.4) is 0 Å². The molecule has 2 rings (SSSR count). The van der Waals surface area contributed by atoms with Gasteiger partial charge in [0.2, 0.25) is 0 Å². The maximum atomic E-state index is 12.6. The van der Waals surface area contributed by atoms with Crippen molar-refractivity contribution in [3.05, 3.63) is 18.2 Å². The summed E-state index contributed by atoms with van der Waals surface area (Å²) >= 11 is 0. The molecule has 1 saturated heterocycles. The van der Waals surface area contributed by atoms with E-state index in [1.807, 2.05) is 6.92 Å². The van der Waals surface area contributed by atoms with E-state index in [0.29, 0.717) is 13.0 Å². The molecule has 3 atom stereocenters. The van der Waals surface area contributed by atoms with Gasteiger partial charge in [-0.05, 0) is 6.92 Å². The minimum atomic E-state index is -0.756. The number of carbonyl (C=O) groups is 2. The molecule has 7 nitrogen and oxygen atoms in total. The molecule has 1 unspecified atom stereocenters. The van der Waals surface area contributed by atoms with Crippen molar-refractivity contribution in [2.24, 2.45) is 11.5 Å². The van der Waals surface area contributed by atoms with Gasteiger partial charge in [-0.3, -0.25) is 0 Å². The van der Waals surface area contributed by atoms with Crippen LogP contribution < -0.4 is 11.5 Å². The number of imidazole rings is 1. The molecular formula is C12H20N5O2+. The van der Waals surface area contributed by atoms with E-state index >= 15 is 0 Å². The number of imide groups is 1. The molecule has 0 saturated carbocycles. The molecule has 1 aromatic rings. The summed E-state index contributed by atoms with van der Waals surface area (Å²) in [5.41, 5.74) is 12.2. The molecule has 104 valence electrons. The first kappa shape index (κ1) is 13.7. The molecule has 0 bridgehead atoms. The number of rotatable bonds is 3. The maximum Gasteiger partial charge on any atom is 0.421 e. The van der Waals surface area contributed by atoms with E-state index in [0.717, 1.165) is 18.5 Å². The zero-order valence-corrected chi connectivity index (χ0v) is 11.0. The fraction of sp³-hybridized carbons (Fsp3) is 0.583. The second-order valence-corrected chi connectivity index (χ2v) is 5.15. The number of nitrogens with zero attached hydrogens (tertiary/aromatic N) is 2. The van der Waals surface area contributed by atoms with Crippen molar-refractivity contribution >= 4 is 11.9 Å². The number of nitrogens with two attached hydrogens (primary N) is 2. The van der Waals surface area contributed by atoms with Gasteiger partial charge in [-0.1, -0.05) is 0 Å². The third kappa shape index (κ3) is 2.26. The van der Waals surface area contributed by atoms with Gasteiger partial charge in [-0.25, -0.2) is 14.6 Å². The van der Waals surface area contributed by atoms with Crippen molar-refractivity contribution in [3.8, 4) is 0 Å². The Labute approximate surface area is 111 Å². The lowest BCUT2D eigenvalue weighted by atomic mass is 10.1. The number of quaternary nitrogens is 1. The first-order valence-electron chi connectivity index (χ1n) is 6.43. The Balaban J connectivity index is 2.18. The lowest BCUT2D eigenvalue weighted by molar-refractivity contribution is -0.784. The number of primary amides is 1. The Hall–Kier alpha value is -1.73. The zero-order chi connectivity index (χ0) is 14.0. The van der Waals surface area contributed by atoms with Crippen LogP contribution in [0.25, 0.3) is 0 Å². The molecule has 0 aliphatic carbocycles. The highest BCUT2D eigenvalue weighted by Crippen LogP contribution is 2.28. The van der Waals surface area contributed by atoms with Crippen molar-refractivity contribution in [1.29, 1.82) is 0 Å². The number of likely N-dealkylation sites (tertiary alicyclic amines) is 1. The molecule has 2 heterocycles. The van der Waals surface area contributed by atoms with Gasteiger partial charge in [-0.15, -0.1) is 0 Å². The number of carbonyl (C=O) groups excluding carboxylic acids is 2. The van der Waals surface area contributed by atoms with Gasteiger partial charge in [0.25, 0.3) is 0 Å². The Bertz CT molecular complexity index is 472. The Kier molecular flexibility index (Phi) is 3.68. The molecule has 1 aliphatic heterocycles. The Morgan fingerprint density at radius 1 is 1.63 bits per heavy atom. The summed E-state index contributed by atoms with van der Waals surface area (Å²) in [7, 11) is 0. The predicted molar refractivity (Wildman–Crippen MR) is 68.7 cm³/mol. The first-order valence-corrected chi connectivity index (χ1v) is 6.43. The molecule has 1 fully saturated rings. The van der Waals surface area contributed by atoms with Crippen LogP contribution in [-0.4, -0.2) is 45.0 Å². The third-order valence-corrected chi connectivity index (χ3v) is 3.98. The summed E-state index contributed by atoms with van der Waals surface area (Å²) in [5.74, 6) is -0.299. The highest BCUT2D eigenvalue weighted by molar-refractivity contribution is 5.86. The van der Waals surface area contributed by atoms with Gasteiger partial charge in [0.1, 0.15) is 12.1 Å². The second-order valence-electron chi connectivity index (χ2n) is 5.15. The van der Waals surface area contributed by atoms with Crippen molar-refractivity contribution < 1.29 is 14.1 Å². The molecule has 0 radical (unpaired) electrons. The molecule has 1 aromatic heterocycles. The number of hydrogen-bond acceptors (Lipinski definition) is 4. The van der Waals surface area contributed by atoms with E-state index in [1.54, 1.807) is 6.20 Å². The highest BCUT2D eigenvalue weighted by atomic mass is 16.2. The normalized spacial score (nSPS) is 28.2. The number of aromatic amines is 1. The number of H-pyrrole nitrogens is 1. The van der Waals surface area contributed by atoms with E-state index in [1.165, 1.54) is 6.33 Å². The summed E-state index contributed by atoms with van der Waals surface area (Å²) in [6.45, 7) is 2.32. The second kappa shape index (κ2) is 5.10. The van der Waals surface area contributed by atoms with Gasteiger partial charge < -0.3 is 16.5 Å². The van der Waals surface area contributed by atoms with Crippen molar-refractivity contribution in [2.45, 2.75) is 38.3 Å². The zero-order valence-electron chi connectivity index (χ0n) is 11.0. The third-order valence-electron chi connectivity index (χ3n) is 3.98.